The van der Waals surface area contributed by atoms with Crippen LogP contribution in [0.2, 0.25) is 0 Å². The molecule has 0 fully saturated rings. The largest absolute Gasteiger partial charge is 0.540 e. The predicted molar refractivity (Wildman–Crippen MR) is 57.5 cm³/mol. The molecule has 1 N–H and O–H groups in total. The molecule has 0 radical (unpaired) electrons. The molecule has 0 aromatic rings. The normalized spacial score (nSPS) is 16.0. The van der Waals surface area contributed by atoms with Gasteiger partial charge in [0, 0.05) is 5.41 Å². The molecule has 0 rings (SSSR count). The van der Waals surface area contributed by atoms with Crippen LogP contribution in [-0.4, -0.2) is 17.0 Å². The molecule has 0 aliphatic heterocycles. The minimum absolute atomic E-state index is 0.140. The molecule has 0 saturated carbocycles. The van der Waals surface area contributed by atoms with Gasteiger partial charge in [0.25, 0.3) is 0 Å². The molecule has 4 heteroatoms. The highest BCUT2D eigenvalue weighted by atomic mass is 17.1. The van der Waals surface area contributed by atoms with Crippen LogP contribution in [0.4, 0.5) is 4.79 Å². The first-order valence-corrected chi connectivity index (χ1v) is 5.25. The number of carbonyl (C=O) groups excluding carboxylic acids is 1. The van der Waals surface area contributed by atoms with E-state index in [0.717, 1.165) is 0 Å². The van der Waals surface area contributed by atoms with Gasteiger partial charge in [-0.3, -0.25) is 4.89 Å². The van der Waals surface area contributed by atoms with Crippen LogP contribution in [0.3, 0.4) is 0 Å². The summed E-state index contributed by atoms with van der Waals surface area (Å²) in [5, 5.41) is 8.27. The summed E-state index contributed by atoms with van der Waals surface area (Å²) in [6, 6.07) is 0. The highest BCUT2D eigenvalue weighted by molar-refractivity contribution is 5.59. The van der Waals surface area contributed by atoms with E-state index in [1.807, 2.05) is 41.5 Å². The van der Waals surface area contributed by atoms with Gasteiger partial charge >= 0.3 is 6.16 Å². The van der Waals surface area contributed by atoms with E-state index in [1.165, 1.54) is 0 Å². The third-order valence-corrected chi connectivity index (χ3v) is 3.07. The Balaban J connectivity index is 5.09. The number of hydrogen-bond donors (Lipinski definition) is 1. The molecule has 15 heavy (non-hydrogen) atoms. The lowest BCUT2D eigenvalue weighted by molar-refractivity contribution is -0.229. The zero-order valence-corrected chi connectivity index (χ0v) is 10.5. The van der Waals surface area contributed by atoms with Crippen LogP contribution in [0.25, 0.3) is 0 Å². The second-order valence-electron chi connectivity index (χ2n) is 5.09. The molecule has 0 bridgehead atoms. The van der Waals surface area contributed by atoms with Crippen molar-refractivity contribution in [2.45, 2.75) is 53.6 Å². The number of carbonyl (C=O) groups is 1. The maximum atomic E-state index is 11.0. The average Bonchev–Trinajstić information content (AvgIpc) is 2.11. The molecule has 1 unspecified atom stereocenters. The fraction of sp³-hybridized carbons (Fsp3) is 0.909. The molecular formula is C11H22O4. The number of ether oxygens (including phenoxy) is 1. The maximum absolute atomic E-state index is 11.0. The second-order valence-corrected chi connectivity index (χ2v) is 5.09. The SMILES string of the molecule is CCC(OC(=O)OO)(C(C)C)C(C)(C)C. The molecule has 0 aliphatic carbocycles. The minimum atomic E-state index is -1.04. The Morgan fingerprint density at radius 1 is 1.33 bits per heavy atom. The monoisotopic (exact) mass is 218 g/mol. The molecule has 0 aliphatic rings. The first-order chi connectivity index (χ1) is 6.71. The Morgan fingerprint density at radius 2 is 1.80 bits per heavy atom. The quantitative estimate of drug-likeness (QED) is 0.447. The van der Waals surface area contributed by atoms with Gasteiger partial charge < -0.3 is 4.74 Å². The number of hydrogen-bond acceptors (Lipinski definition) is 4. The Morgan fingerprint density at radius 3 is 2.00 bits per heavy atom. The van der Waals surface area contributed by atoms with Crippen LogP contribution in [0.15, 0.2) is 0 Å². The van der Waals surface area contributed by atoms with Gasteiger partial charge in [-0.1, -0.05) is 41.5 Å². The summed E-state index contributed by atoms with van der Waals surface area (Å²) in [7, 11) is 0. The van der Waals surface area contributed by atoms with Gasteiger partial charge in [-0.05, 0) is 12.3 Å². The first kappa shape index (κ1) is 14.2. The van der Waals surface area contributed by atoms with Crippen molar-refractivity contribution in [3.8, 4) is 0 Å². The minimum Gasteiger partial charge on any atom is -0.425 e. The van der Waals surface area contributed by atoms with E-state index < -0.39 is 11.8 Å². The van der Waals surface area contributed by atoms with Crippen LogP contribution in [0.5, 0.6) is 0 Å². The Hall–Kier alpha value is -0.770. The fourth-order valence-electron chi connectivity index (χ4n) is 2.32. The van der Waals surface area contributed by atoms with Gasteiger partial charge in [0.15, 0.2) is 0 Å². The Labute approximate surface area is 91.5 Å². The van der Waals surface area contributed by atoms with Crippen molar-refractivity contribution < 1.29 is 19.7 Å². The van der Waals surface area contributed by atoms with Crippen molar-refractivity contribution in [3.05, 3.63) is 0 Å². The molecule has 0 spiro atoms. The van der Waals surface area contributed by atoms with E-state index in [1.54, 1.807) is 0 Å². The summed E-state index contributed by atoms with van der Waals surface area (Å²) >= 11 is 0. The number of rotatable bonds is 3. The van der Waals surface area contributed by atoms with E-state index in [-0.39, 0.29) is 11.3 Å². The van der Waals surface area contributed by atoms with Crippen molar-refractivity contribution in [2.75, 3.05) is 0 Å². The van der Waals surface area contributed by atoms with Crippen molar-refractivity contribution in [1.82, 2.24) is 0 Å². The van der Waals surface area contributed by atoms with E-state index in [9.17, 15) is 4.79 Å². The Bertz CT molecular complexity index is 217. The molecule has 0 saturated heterocycles. The third-order valence-electron chi connectivity index (χ3n) is 3.07. The van der Waals surface area contributed by atoms with Crippen LogP contribution in [0.1, 0.15) is 48.0 Å². The third kappa shape index (κ3) is 2.84. The smallest absolute Gasteiger partial charge is 0.425 e. The van der Waals surface area contributed by atoms with Crippen molar-refractivity contribution in [2.24, 2.45) is 11.3 Å². The van der Waals surface area contributed by atoms with Crippen LogP contribution >= 0.6 is 0 Å². The first-order valence-electron chi connectivity index (χ1n) is 5.25. The molecule has 90 valence electrons. The molecule has 0 aromatic heterocycles. The van der Waals surface area contributed by atoms with Gasteiger partial charge in [-0.2, -0.15) is 5.26 Å². The fourth-order valence-corrected chi connectivity index (χ4v) is 2.32. The van der Waals surface area contributed by atoms with E-state index in [4.69, 9.17) is 9.99 Å². The summed E-state index contributed by atoms with van der Waals surface area (Å²) in [5.74, 6) is 0.140. The average molecular weight is 218 g/mol. The van der Waals surface area contributed by atoms with Crippen LogP contribution < -0.4 is 0 Å². The van der Waals surface area contributed by atoms with Crippen LogP contribution in [-0.2, 0) is 9.62 Å². The topological polar surface area (TPSA) is 55.8 Å². The summed E-state index contributed by atoms with van der Waals surface area (Å²) < 4.78 is 5.25. The van der Waals surface area contributed by atoms with E-state index >= 15 is 0 Å². The zero-order chi connectivity index (χ0) is 12.3. The molecule has 0 aromatic carbocycles. The highest BCUT2D eigenvalue weighted by Gasteiger charge is 2.47. The standard InChI is InChI=1S/C11H22O4/c1-7-11(8(2)3,10(4,5)6)14-9(12)15-13/h8,13H,7H2,1-6H3. The van der Waals surface area contributed by atoms with Gasteiger partial charge in [0.1, 0.15) is 5.60 Å². The molecule has 0 amide bonds. The van der Waals surface area contributed by atoms with Crippen molar-refractivity contribution in [1.29, 1.82) is 0 Å². The van der Waals surface area contributed by atoms with Crippen molar-refractivity contribution >= 4 is 6.16 Å². The van der Waals surface area contributed by atoms with Gasteiger partial charge in [0.05, 0.1) is 0 Å². The zero-order valence-electron chi connectivity index (χ0n) is 10.5. The van der Waals surface area contributed by atoms with Gasteiger partial charge in [-0.15, -0.1) is 0 Å². The summed E-state index contributed by atoms with van der Waals surface area (Å²) in [6.07, 6.45) is -0.371. The second kappa shape index (κ2) is 4.84. The molecule has 0 heterocycles. The Kier molecular flexibility index (Phi) is 4.59. The van der Waals surface area contributed by atoms with Crippen LogP contribution in [0, 0.1) is 11.3 Å². The van der Waals surface area contributed by atoms with Gasteiger partial charge in [0.2, 0.25) is 0 Å². The highest BCUT2D eigenvalue weighted by Crippen LogP contribution is 2.42. The predicted octanol–water partition coefficient (Wildman–Crippen LogP) is 3.46. The molecule has 1 atom stereocenters. The summed E-state index contributed by atoms with van der Waals surface area (Å²) in [6.45, 7) is 11.9. The van der Waals surface area contributed by atoms with E-state index in [0.29, 0.717) is 6.42 Å². The lowest BCUT2D eigenvalue weighted by Crippen LogP contribution is -2.50. The lowest BCUT2D eigenvalue weighted by atomic mass is 9.68. The molecular weight excluding hydrogens is 196 g/mol. The van der Waals surface area contributed by atoms with Crippen molar-refractivity contribution in [3.63, 3.8) is 0 Å². The van der Waals surface area contributed by atoms with E-state index in [2.05, 4.69) is 4.89 Å². The maximum Gasteiger partial charge on any atom is 0.540 e. The lowest BCUT2D eigenvalue weighted by Gasteiger charge is -2.45. The summed E-state index contributed by atoms with van der Waals surface area (Å²) in [4.78, 5) is 14.6. The summed E-state index contributed by atoms with van der Waals surface area (Å²) in [5.41, 5.74) is -0.850. The van der Waals surface area contributed by atoms with Gasteiger partial charge in [-0.25, -0.2) is 4.79 Å². The molecule has 4 nitrogen and oxygen atoms in total.